The Morgan fingerprint density at radius 2 is 1.42 bits per heavy atom. The van der Waals surface area contributed by atoms with E-state index in [-0.39, 0.29) is 5.69 Å². The summed E-state index contributed by atoms with van der Waals surface area (Å²) in [4.78, 5) is 2.51. The van der Waals surface area contributed by atoms with E-state index < -0.39 is 29.2 Å². The Morgan fingerprint density at radius 3 is 2.00 bits per heavy atom. The predicted octanol–water partition coefficient (Wildman–Crippen LogP) is 3.97. The molecule has 0 spiro atoms. The molecule has 3 rings (SSSR count). The lowest BCUT2D eigenvalue weighted by Gasteiger charge is -2.24. The van der Waals surface area contributed by atoms with Crippen molar-refractivity contribution in [2.45, 2.75) is 18.9 Å². The molecule has 0 saturated carbocycles. The second kappa shape index (κ2) is 7.04. The minimum absolute atomic E-state index is 0.287. The zero-order valence-corrected chi connectivity index (χ0v) is 12.6. The maximum absolute atomic E-state index is 13.6. The molecule has 2 heterocycles. The molecule has 2 aromatic rings. The lowest BCUT2D eigenvalue weighted by atomic mass is 10.1. The molecule has 0 atom stereocenters. The fourth-order valence-electron chi connectivity index (χ4n) is 2.47. The monoisotopic (exact) mass is 341 g/mol. The van der Waals surface area contributed by atoms with E-state index in [0.717, 1.165) is 18.5 Å². The molecule has 0 aliphatic carbocycles. The number of benzene rings is 1. The summed E-state index contributed by atoms with van der Waals surface area (Å²) in [6.45, 7) is 1.41. The van der Waals surface area contributed by atoms with Gasteiger partial charge in [-0.15, -0.1) is 0 Å². The molecule has 0 radical (unpaired) electrons. The molecule has 128 valence electrons. The van der Waals surface area contributed by atoms with E-state index >= 15 is 0 Å². The van der Waals surface area contributed by atoms with Crippen molar-refractivity contribution in [3.63, 3.8) is 0 Å². The third-order valence-corrected chi connectivity index (χ3v) is 3.74. The Morgan fingerprint density at radius 1 is 0.875 bits per heavy atom. The van der Waals surface area contributed by atoms with Crippen molar-refractivity contribution in [1.29, 1.82) is 0 Å². The van der Waals surface area contributed by atoms with E-state index in [1.807, 2.05) is 0 Å². The van der Waals surface area contributed by atoms with Crippen LogP contribution >= 0.6 is 0 Å². The summed E-state index contributed by atoms with van der Waals surface area (Å²) < 4.78 is 58.6. The minimum Gasteiger partial charge on any atom is -0.382 e. The molecule has 1 aliphatic rings. The summed E-state index contributed by atoms with van der Waals surface area (Å²) in [7, 11) is 0. The number of pyridine rings is 1. The van der Waals surface area contributed by atoms with Crippen molar-refractivity contribution >= 4 is 17.1 Å². The van der Waals surface area contributed by atoms with Crippen molar-refractivity contribution in [3.8, 4) is 0 Å². The molecule has 0 unspecified atom stereocenters. The van der Waals surface area contributed by atoms with Gasteiger partial charge in [-0.1, -0.05) is 0 Å². The zero-order valence-electron chi connectivity index (χ0n) is 12.6. The van der Waals surface area contributed by atoms with Crippen molar-refractivity contribution in [3.05, 3.63) is 47.8 Å². The summed E-state index contributed by atoms with van der Waals surface area (Å²) in [6.07, 6.45) is 1.79. The van der Waals surface area contributed by atoms with Gasteiger partial charge >= 0.3 is 0 Å². The number of halogens is 4. The summed E-state index contributed by atoms with van der Waals surface area (Å²) >= 11 is 0. The normalized spacial score (nSPS) is 15.3. The average Bonchev–Trinajstić information content (AvgIpc) is 2.59. The molecule has 1 aromatic heterocycles. The number of hydrogen-bond donors (Lipinski definition) is 2. The Balaban J connectivity index is 1.73. The average molecular weight is 341 g/mol. The molecule has 24 heavy (non-hydrogen) atoms. The smallest absolute Gasteiger partial charge is 0.253 e. The van der Waals surface area contributed by atoms with Crippen molar-refractivity contribution in [2.75, 3.05) is 23.8 Å². The summed E-state index contributed by atoms with van der Waals surface area (Å²) in [5.74, 6) is -6.54. The molecular formula is C16H15F4N3O. The maximum atomic E-state index is 13.6. The van der Waals surface area contributed by atoms with Crippen LogP contribution in [0.3, 0.4) is 0 Å². The van der Waals surface area contributed by atoms with Crippen LogP contribution in [-0.4, -0.2) is 24.2 Å². The minimum atomic E-state index is -1.70. The van der Waals surface area contributed by atoms with Crippen LogP contribution in [0.5, 0.6) is 0 Å². The number of ether oxygens (including phenoxy) is 1. The molecule has 0 amide bonds. The van der Waals surface area contributed by atoms with Gasteiger partial charge in [-0.3, -0.25) is 0 Å². The van der Waals surface area contributed by atoms with Crippen LogP contribution in [0.4, 0.5) is 34.6 Å². The van der Waals surface area contributed by atoms with Gasteiger partial charge in [0.05, 0.1) is 0 Å². The van der Waals surface area contributed by atoms with Gasteiger partial charge in [-0.25, -0.2) is 0 Å². The molecule has 0 bridgehead atoms. The standard InChI is InChI=1S/C16H15F4N3O/c17-12-14(13(18)16(20)23-15(12)19)22-10-3-1-9(2-4-10)21-11-5-7-24-8-6-11/h1-4,11,21H,5-8H2,(H,22,23). The first kappa shape index (κ1) is 16.5. The van der Waals surface area contributed by atoms with Gasteiger partial charge in [0.25, 0.3) is 11.9 Å². The fraction of sp³-hybridized carbons (Fsp3) is 0.312. The van der Waals surface area contributed by atoms with Gasteiger partial charge in [0, 0.05) is 30.6 Å². The van der Waals surface area contributed by atoms with Crippen LogP contribution in [-0.2, 0) is 4.74 Å². The predicted molar refractivity (Wildman–Crippen MR) is 81.3 cm³/mol. The summed E-state index contributed by atoms with van der Waals surface area (Å²) in [5, 5.41) is 5.66. The molecular weight excluding hydrogens is 326 g/mol. The Labute approximate surface area is 135 Å². The molecule has 1 aliphatic heterocycles. The van der Waals surface area contributed by atoms with Gasteiger partial charge in [-0.2, -0.15) is 22.5 Å². The molecule has 1 fully saturated rings. The first-order valence-electron chi connectivity index (χ1n) is 7.46. The highest BCUT2D eigenvalue weighted by molar-refractivity contribution is 5.63. The van der Waals surface area contributed by atoms with Crippen LogP contribution in [0.25, 0.3) is 0 Å². The van der Waals surface area contributed by atoms with Crippen molar-refractivity contribution in [2.24, 2.45) is 0 Å². The summed E-state index contributed by atoms with van der Waals surface area (Å²) in [5.41, 5.74) is 0.209. The molecule has 2 N–H and O–H groups in total. The fourth-order valence-corrected chi connectivity index (χ4v) is 2.47. The van der Waals surface area contributed by atoms with Crippen LogP contribution in [0, 0.1) is 23.5 Å². The summed E-state index contributed by atoms with van der Waals surface area (Å²) in [6, 6.07) is 6.83. The van der Waals surface area contributed by atoms with Crippen LogP contribution in [0.1, 0.15) is 12.8 Å². The highest BCUT2D eigenvalue weighted by Crippen LogP contribution is 2.27. The third kappa shape index (κ3) is 3.59. The van der Waals surface area contributed by atoms with Crippen LogP contribution in [0.15, 0.2) is 24.3 Å². The largest absolute Gasteiger partial charge is 0.382 e. The van der Waals surface area contributed by atoms with E-state index in [0.29, 0.717) is 19.3 Å². The molecule has 1 aromatic carbocycles. The van der Waals surface area contributed by atoms with Crippen molar-refractivity contribution < 1.29 is 22.3 Å². The van der Waals surface area contributed by atoms with E-state index in [2.05, 4.69) is 15.6 Å². The number of aromatic nitrogens is 1. The molecule has 8 heteroatoms. The molecule has 1 saturated heterocycles. The molecule has 4 nitrogen and oxygen atoms in total. The van der Waals surface area contributed by atoms with Gasteiger partial charge in [0.2, 0.25) is 11.6 Å². The van der Waals surface area contributed by atoms with E-state index in [9.17, 15) is 17.6 Å². The number of nitrogens with zero attached hydrogens (tertiary/aromatic N) is 1. The van der Waals surface area contributed by atoms with E-state index in [4.69, 9.17) is 4.74 Å². The first-order chi connectivity index (χ1) is 11.5. The topological polar surface area (TPSA) is 46.2 Å². The highest BCUT2D eigenvalue weighted by Gasteiger charge is 2.21. The zero-order chi connectivity index (χ0) is 17.1. The number of anilines is 3. The quantitative estimate of drug-likeness (QED) is 0.652. The lowest BCUT2D eigenvalue weighted by Crippen LogP contribution is -2.27. The Kier molecular flexibility index (Phi) is 4.84. The first-order valence-corrected chi connectivity index (χ1v) is 7.46. The number of rotatable bonds is 4. The second-order valence-corrected chi connectivity index (χ2v) is 5.43. The Bertz CT molecular complexity index is 692. The number of nitrogens with one attached hydrogen (secondary N) is 2. The highest BCUT2D eigenvalue weighted by atomic mass is 19.2. The van der Waals surface area contributed by atoms with E-state index in [1.165, 1.54) is 0 Å². The van der Waals surface area contributed by atoms with Gasteiger partial charge in [-0.05, 0) is 37.1 Å². The number of hydrogen-bond acceptors (Lipinski definition) is 4. The van der Waals surface area contributed by atoms with Crippen molar-refractivity contribution in [1.82, 2.24) is 4.98 Å². The van der Waals surface area contributed by atoms with Gasteiger partial charge in [0.15, 0.2) is 0 Å². The van der Waals surface area contributed by atoms with Crippen LogP contribution < -0.4 is 10.6 Å². The lowest BCUT2D eigenvalue weighted by molar-refractivity contribution is 0.0904. The van der Waals surface area contributed by atoms with Gasteiger partial charge in [0.1, 0.15) is 5.69 Å². The second-order valence-electron chi connectivity index (χ2n) is 5.43. The van der Waals surface area contributed by atoms with Crippen LogP contribution in [0.2, 0.25) is 0 Å². The third-order valence-electron chi connectivity index (χ3n) is 3.74. The maximum Gasteiger partial charge on any atom is 0.253 e. The van der Waals surface area contributed by atoms with Gasteiger partial charge < -0.3 is 15.4 Å². The van der Waals surface area contributed by atoms with E-state index in [1.54, 1.807) is 24.3 Å². The Hall–Kier alpha value is -2.35. The SMILES string of the molecule is Fc1nc(F)c(F)c(Nc2ccc(NC3CCOCC3)cc2)c1F.